The van der Waals surface area contributed by atoms with Crippen molar-refractivity contribution in [2.24, 2.45) is 5.73 Å². The third-order valence-corrected chi connectivity index (χ3v) is 3.19. The molecule has 1 rings (SSSR count). The molecule has 6 heteroatoms. The minimum absolute atomic E-state index is 0.125. The number of halogens is 1. The van der Waals surface area contributed by atoms with Crippen LogP contribution in [-0.4, -0.2) is 29.9 Å². The number of ether oxygens (including phenoxy) is 2. The highest BCUT2D eigenvalue weighted by molar-refractivity contribution is 9.10. The second kappa shape index (κ2) is 7.91. The number of alkyl halides is 1. The van der Waals surface area contributed by atoms with E-state index in [1.807, 2.05) is 30.3 Å². The zero-order chi connectivity index (χ0) is 14.3. The Morgan fingerprint density at radius 1 is 1.26 bits per heavy atom. The summed E-state index contributed by atoms with van der Waals surface area (Å²) in [6.07, 6.45) is 0.125. The SMILES string of the molecule is COC(=O)C(Br)CC(N)C(=O)OCc1ccccc1. The second-order valence-corrected chi connectivity index (χ2v) is 5.03. The van der Waals surface area contributed by atoms with E-state index in [1.165, 1.54) is 7.11 Å². The zero-order valence-corrected chi connectivity index (χ0v) is 12.1. The Kier molecular flexibility index (Phi) is 6.52. The monoisotopic (exact) mass is 329 g/mol. The summed E-state index contributed by atoms with van der Waals surface area (Å²) >= 11 is 3.11. The summed E-state index contributed by atoms with van der Waals surface area (Å²) in [5, 5.41) is 0. The third-order valence-electron chi connectivity index (χ3n) is 2.44. The van der Waals surface area contributed by atoms with Gasteiger partial charge in [0.25, 0.3) is 0 Å². The van der Waals surface area contributed by atoms with Gasteiger partial charge in [0, 0.05) is 0 Å². The van der Waals surface area contributed by atoms with Gasteiger partial charge in [-0.15, -0.1) is 0 Å². The number of carbonyl (C=O) groups is 2. The minimum atomic E-state index is -0.868. The summed E-state index contributed by atoms with van der Waals surface area (Å²) in [5.41, 5.74) is 6.54. The van der Waals surface area contributed by atoms with Crippen molar-refractivity contribution in [3.8, 4) is 0 Å². The van der Waals surface area contributed by atoms with Gasteiger partial charge in [-0.1, -0.05) is 46.3 Å². The topological polar surface area (TPSA) is 78.6 Å². The second-order valence-electron chi connectivity index (χ2n) is 3.93. The summed E-state index contributed by atoms with van der Waals surface area (Å²) in [4.78, 5) is 22.2. The average Bonchev–Trinajstić information content (AvgIpc) is 2.44. The lowest BCUT2D eigenvalue weighted by molar-refractivity contribution is -0.147. The molecule has 1 aromatic rings. The number of hydrogen-bond acceptors (Lipinski definition) is 5. The highest BCUT2D eigenvalue weighted by Crippen LogP contribution is 2.11. The molecule has 1 aromatic carbocycles. The number of nitrogens with two attached hydrogens (primary N) is 1. The largest absolute Gasteiger partial charge is 0.468 e. The lowest BCUT2D eigenvalue weighted by Gasteiger charge is -2.14. The van der Waals surface area contributed by atoms with E-state index in [9.17, 15) is 9.59 Å². The summed E-state index contributed by atoms with van der Waals surface area (Å²) in [6.45, 7) is 0.165. The molecule has 0 aromatic heterocycles. The predicted molar refractivity (Wildman–Crippen MR) is 73.6 cm³/mol. The maximum atomic E-state index is 11.6. The van der Waals surface area contributed by atoms with Gasteiger partial charge >= 0.3 is 11.9 Å². The Balaban J connectivity index is 2.39. The lowest BCUT2D eigenvalue weighted by atomic mass is 10.1. The Labute approximate surface area is 120 Å². The highest BCUT2D eigenvalue weighted by Gasteiger charge is 2.24. The molecule has 0 amide bonds. The van der Waals surface area contributed by atoms with Crippen molar-refractivity contribution in [1.29, 1.82) is 0 Å². The molecule has 2 unspecified atom stereocenters. The quantitative estimate of drug-likeness (QED) is 0.630. The number of benzene rings is 1. The van der Waals surface area contributed by atoms with Crippen LogP contribution in [0.2, 0.25) is 0 Å². The van der Waals surface area contributed by atoms with Crippen LogP contribution in [0.25, 0.3) is 0 Å². The molecule has 0 saturated carbocycles. The van der Waals surface area contributed by atoms with Gasteiger partial charge in [-0.25, -0.2) is 0 Å². The Morgan fingerprint density at radius 2 is 1.89 bits per heavy atom. The molecule has 0 heterocycles. The van der Waals surface area contributed by atoms with Crippen molar-refractivity contribution in [2.45, 2.75) is 23.9 Å². The number of rotatable bonds is 6. The van der Waals surface area contributed by atoms with Crippen LogP contribution in [0.15, 0.2) is 30.3 Å². The number of carbonyl (C=O) groups excluding carboxylic acids is 2. The van der Waals surface area contributed by atoms with E-state index in [0.717, 1.165) is 5.56 Å². The maximum Gasteiger partial charge on any atom is 0.323 e. The van der Waals surface area contributed by atoms with E-state index < -0.39 is 22.8 Å². The van der Waals surface area contributed by atoms with Crippen LogP contribution in [0.3, 0.4) is 0 Å². The van der Waals surface area contributed by atoms with Crippen LogP contribution in [-0.2, 0) is 25.7 Å². The van der Waals surface area contributed by atoms with Gasteiger partial charge in [-0.2, -0.15) is 0 Å². The molecule has 19 heavy (non-hydrogen) atoms. The third kappa shape index (κ3) is 5.40. The van der Waals surface area contributed by atoms with Gasteiger partial charge in [0.2, 0.25) is 0 Å². The van der Waals surface area contributed by atoms with Gasteiger partial charge in [0.05, 0.1) is 7.11 Å². The number of esters is 2. The average molecular weight is 330 g/mol. The summed E-state index contributed by atoms with van der Waals surface area (Å²) in [5.74, 6) is -1.01. The molecule has 2 atom stereocenters. The van der Waals surface area contributed by atoms with Crippen molar-refractivity contribution in [1.82, 2.24) is 0 Å². The first-order valence-electron chi connectivity index (χ1n) is 5.72. The predicted octanol–water partition coefficient (Wildman–Crippen LogP) is 1.38. The molecule has 0 aliphatic rings. The van der Waals surface area contributed by atoms with E-state index in [1.54, 1.807) is 0 Å². The van der Waals surface area contributed by atoms with E-state index >= 15 is 0 Å². The fourth-order valence-electron chi connectivity index (χ4n) is 1.38. The summed E-state index contributed by atoms with van der Waals surface area (Å²) in [6, 6.07) is 8.42. The van der Waals surface area contributed by atoms with E-state index in [-0.39, 0.29) is 13.0 Å². The van der Waals surface area contributed by atoms with Crippen LogP contribution in [0.4, 0.5) is 0 Å². The van der Waals surface area contributed by atoms with Crippen molar-refractivity contribution in [3.05, 3.63) is 35.9 Å². The first-order chi connectivity index (χ1) is 9.04. The number of methoxy groups -OCH3 is 1. The molecule has 2 N–H and O–H groups in total. The van der Waals surface area contributed by atoms with Crippen molar-refractivity contribution < 1.29 is 19.1 Å². The molecule has 0 aliphatic carbocycles. The smallest absolute Gasteiger partial charge is 0.323 e. The van der Waals surface area contributed by atoms with E-state index in [0.29, 0.717) is 0 Å². The molecule has 0 spiro atoms. The molecular weight excluding hydrogens is 314 g/mol. The first kappa shape index (κ1) is 15.7. The lowest BCUT2D eigenvalue weighted by Crippen LogP contribution is -2.36. The Bertz CT molecular complexity index is 424. The molecule has 0 bridgehead atoms. The van der Waals surface area contributed by atoms with Gasteiger partial charge in [0.1, 0.15) is 17.5 Å². The van der Waals surface area contributed by atoms with Gasteiger partial charge in [-0.05, 0) is 12.0 Å². The van der Waals surface area contributed by atoms with Crippen LogP contribution < -0.4 is 5.73 Å². The molecule has 104 valence electrons. The van der Waals surface area contributed by atoms with Gasteiger partial charge in [-0.3, -0.25) is 9.59 Å². The zero-order valence-electron chi connectivity index (χ0n) is 10.5. The van der Waals surface area contributed by atoms with Crippen LogP contribution in [0, 0.1) is 0 Å². The van der Waals surface area contributed by atoms with Crippen molar-refractivity contribution >= 4 is 27.9 Å². The minimum Gasteiger partial charge on any atom is -0.468 e. The summed E-state index contributed by atoms with van der Waals surface area (Å²) < 4.78 is 9.60. The molecule has 5 nitrogen and oxygen atoms in total. The fraction of sp³-hybridized carbons (Fsp3) is 0.385. The Hall–Kier alpha value is -1.40. The summed E-state index contributed by atoms with van der Waals surface area (Å²) in [7, 11) is 1.27. The van der Waals surface area contributed by atoms with Crippen molar-refractivity contribution in [3.63, 3.8) is 0 Å². The Morgan fingerprint density at radius 3 is 2.47 bits per heavy atom. The molecule has 0 fully saturated rings. The van der Waals surface area contributed by atoms with Gasteiger partial charge < -0.3 is 15.2 Å². The molecule has 0 aliphatic heterocycles. The van der Waals surface area contributed by atoms with Crippen LogP contribution in [0.1, 0.15) is 12.0 Å². The van der Waals surface area contributed by atoms with Gasteiger partial charge in [0.15, 0.2) is 0 Å². The molecular formula is C13H16BrNO4. The van der Waals surface area contributed by atoms with E-state index in [4.69, 9.17) is 10.5 Å². The highest BCUT2D eigenvalue weighted by atomic mass is 79.9. The fourth-order valence-corrected chi connectivity index (χ4v) is 1.97. The number of hydrogen-bond donors (Lipinski definition) is 1. The normalized spacial score (nSPS) is 13.4. The first-order valence-corrected chi connectivity index (χ1v) is 6.64. The molecule has 0 saturated heterocycles. The standard InChI is InChI=1S/C13H16BrNO4/c1-18-12(16)10(14)7-11(15)13(17)19-8-9-5-3-2-4-6-9/h2-6,10-11H,7-8,15H2,1H3. The maximum absolute atomic E-state index is 11.6. The van der Waals surface area contributed by atoms with E-state index in [2.05, 4.69) is 20.7 Å². The van der Waals surface area contributed by atoms with Crippen LogP contribution in [0.5, 0.6) is 0 Å². The van der Waals surface area contributed by atoms with Crippen LogP contribution >= 0.6 is 15.9 Å². The molecule has 0 radical (unpaired) electrons. The van der Waals surface area contributed by atoms with Crippen molar-refractivity contribution in [2.75, 3.05) is 7.11 Å².